The molecule has 1 aromatic carbocycles. The number of hydrogen-bond acceptors (Lipinski definition) is 4. The van der Waals surface area contributed by atoms with E-state index >= 15 is 0 Å². The maximum Gasteiger partial charge on any atom is 0.129 e. The molecule has 0 saturated heterocycles. The largest absolute Gasteiger partial charge is 0.496 e. The van der Waals surface area contributed by atoms with Crippen molar-refractivity contribution < 1.29 is 9.47 Å². The van der Waals surface area contributed by atoms with Crippen LogP contribution >= 0.6 is 8.20 Å². The van der Waals surface area contributed by atoms with Crippen LogP contribution in [0, 0.1) is 0 Å². The summed E-state index contributed by atoms with van der Waals surface area (Å²) in [5.74, 6) is 1.10. The van der Waals surface area contributed by atoms with Gasteiger partial charge in [-0.3, -0.25) is 9.80 Å². The van der Waals surface area contributed by atoms with Crippen molar-refractivity contribution in [1.29, 1.82) is 0 Å². The molecule has 0 aliphatic carbocycles. The van der Waals surface area contributed by atoms with E-state index in [1.54, 1.807) is 7.11 Å². The van der Waals surface area contributed by atoms with Crippen molar-refractivity contribution in [1.82, 2.24) is 9.80 Å². The highest BCUT2D eigenvalue weighted by molar-refractivity contribution is 7.41. The molecule has 112 valence electrons. The van der Waals surface area contributed by atoms with Crippen LogP contribution in [-0.4, -0.2) is 63.1 Å². The Morgan fingerprint density at radius 2 is 1.75 bits per heavy atom. The van der Waals surface area contributed by atoms with Crippen LogP contribution in [0.4, 0.5) is 0 Å². The van der Waals surface area contributed by atoms with Crippen LogP contribution in [0.5, 0.6) is 5.75 Å². The molecule has 5 heteroatoms. The van der Waals surface area contributed by atoms with Gasteiger partial charge >= 0.3 is 0 Å². The molecule has 0 atom stereocenters. The van der Waals surface area contributed by atoms with E-state index in [0.717, 1.165) is 25.0 Å². The van der Waals surface area contributed by atoms with Gasteiger partial charge in [-0.1, -0.05) is 12.1 Å². The Labute approximate surface area is 124 Å². The lowest BCUT2D eigenvalue weighted by molar-refractivity contribution is 0.209. The van der Waals surface area contributed by atoms with Gasteiger partial charge < -0.3 is 9.47 Å². The highest BCUT2D eigenvalue weighted by Gasteiger charge is 2.16. The first-order valence-corrected chi connectivity index (χ1v) is 7.64. The fourth-order valence-electron chi connectivity index (χ4n) is 1.94. The highest BCUT2D eigenvalue weighted by atomic mass is 31.1. The van der Waals surface area contributed by atoms with E-state index in [4.69, 9.17) is 9.47 Å². The van der Waals surface area contributed by atoms with E-state index in [9.17, 15) is 0 Å². The minimum atomic E-state index is 0.251. The van der Waals surface area contributed by atoms with Crippen LogP contribution in [-0.2, 0) is 4.74 Å². The predicted octanol–water partition coefficient (Wildman–Crippen LogP) is 2.56. The summed E-state index contributed by atoms with van der Waals surface area (Å²) < 4.78 is 11.3. The average Bonchev–Trinajstić information content (AvgIpc) is 2.42. The molecule has 0 bridgehead atoms. The van der Waals surface area contributed by atoms with E-state index in [1.165, 1.54) is 0 Å². The summed E-state index contributed by atoms with van der Waals surface area (Å²) in [4.78, 5) is 4.35. The van der Waals surface area contributed by atoms with Crippen LogP contribution in [0.3, 0.4) is 0 Å². The van der Waals surface area contributed by atoms with E-state index < -0.39 is 0 Å². The Balaban J connectivity index is 3.21. The number of hydrogen-bond donors (Lipinski definition) is 0. The van der Waals surface area contributed by atoms with Crippen molar-refractivity contribution in [3.63, 3.8) is 0 Å². The standard InChI is InChI=1S/C15H25N2O2P/c1-7-19-14(20-15(16(2)3)17(4)5)12-10-8-9-11-13(12)18-6/h8-11,15H,7H2,1-6H3. The van der Waals surface area contributed by atoms with Crippen molar-refractivity contribution in [2.45, 2.75) is 12.8 Å². The fraction of sp³-hybridized carbons (Fsp3) is 0.533. The average molecular weight is 296 g/mol. The Morgan fingerprint density at radius 3 is 2.25 bits per heavy atom. The summed E-state index contributed by atoms with van der Waals surface area (Å²) in [5, 5.41) is 0. The summed E-state index contributed by atoms with van der Waals surface area (Å²) in [7, 11) is 11.1. The molecule has 20 heavy (non-hydrogen) atoms. The Morgan fingerprint density at radius 1 is 1.15 bits per heavy atom. The SMILES string of the molecule is CCOC(=PC(N(C)C)N(C)C)c1ccccc1OC. The first-order chi connectivity index (χ1) is 9.51. The van der Waals surface area contributed by atoms with Crippen LogP contribution in [0.2, 0.25) is 0 Å². The minimum absolute atomic E-state index is 0.251. The number of ether oxygens (including phenoxy) is 2. The zero-order valence-corrected chi connectivity index (χ0v) is 14.1. The van der Waals surface area contributed by atoms with E-state index in [2.05, 4.69) is 38.0 Å². The van der Waals surface area contributed by atoms with E-state index in [0.29, 0.717) is 6.61 Å². The Hall–Kier alpha value is -0.930. The molecule has 0 aliphatic rings. The Kier molecular flexibility index (Phi) is 7.17. The lowest BCUT2D eigenvalue weighted by atomic mass is 10.2. The van der Waals surface area contributed by atoms with Gasteiger partial charge in [-0.05, 0) is 55.5 Å². The fourth-order valence-corrected chi connectivity index (χ4v) is 3.14. The van der Waals surface area contributed by atoms with Crippen LogP contribution in [0.1, 0.15) is 12.5 Å². The predicted molar refractivity (Wildman–Crippen MR) is 86.8 cm³/mol. The van der Waals surface area contributed by atoms with Crippen molar-refractivity contribution in [3.8, 4) is 5.75 Å². The molecule has 0 amide bonds. The maximum atomic E-state index is 5.87. The molecule has 0 unspecified atom stereocenters. The molecule has 0 saturated carbocycles. The number of rotatable bonds is 7. The van der Waals surface area contributed by atoms with Gasteiger partial charge in [-0.2, -0.15) is 0 Å². The second-order valence-corrected chi connectivity index (χ2v) is 5.97. The quantitative estimate of drug-likeness (QED) is 0.570. The summed E-state index contributed by atoms with van der Waals surface area (Å²) in [6.45, 7) is 2.65. The Bertz CT molecular complexity index is 439. The van der Waals surface area contributed by atoms with Gasteiger partial charge in [0.05, 0.1) is 19.3 Å². The number of para-hydroxylation sites is 1. The van der Waals surface area contributed by atoms with E-state index in [1.807, 2.05) is 31.2 Å². The van der Waals surface area contributed by atoms with Gasteiger partial charge in [0.1, 0.15) is 17.1 Å². The lowest BCUT2D eigenvalue weighted by Crippen LogP contribution is -2.36. The first-order valence-electron chi connectivity index (χ1n) is 6.68. The molecule has 0 fully saturated rings. The second kappa shape index (κ2) is 8.38. The third kappa shape index (κ3) is 4.57. The summed E-state index contributed by atoms with van der Waals surface area (Å²) >= 11 is 0. The van der Waals surface area contributed by atoms with Crippen molar-refractivity contribution in [2.24, 2.45) is 0 Å². The molecule has 0 radical (unpaired) electrons. The third-order valence-corrected chi connectivity index (χ3v) is 4.53. The van der Waals surface area contributed by atoms with Crippen LogP contribution in [0.25, 0.3) is 0 Å². The van der Waals surface area contributed by atoms with Gasteiger partial charge in [-0.25, -0.2) is 0 Å². The van der Waals surface area contributed by atoms with Gasteiger partial charge in [-0.15, -0.1) is 0 Å². The molecule has 0 spiro atoms. The molecular formula is C15H25N2O2P. The minimum Gasteiger partial charge on any atom is -0.496 e. The number of nitrogens with zero attached hydrogens (tertiary/aromatic N) is 2. The van der Waals surface area contributed by atoms with Crippen molar-refractivity contribution >= 4 is 13.7 Å². The van der Waals surface area contributed by atoms with Crippen LogP contribution < -0.4 is 4.74 Å². The molecule has 0 aromatic heterocycles. The number of benzene rings is 1. The smallest absolute Gasteiger partial charge is 0.129 e. The molecule has 1 rings (SSSR count). The van der Waals surface area contributed by atoms with Gasteiger partial charge in [0.2, 0.25) is 0 Å². The van der Waals surface area contributed by atoms with Crippen LogP contribution in [0.15, 0.2) is 24.3 Å². The van der Waals surface area contributed by atoms with Gasteiger partial charge in [0, 0.05) is 0 Å². The normalized spacial score (nSPS) is 12.6. The molecule has 0 aliphatic heterocycles. The second-order valence-electron chi connectivity index (χ2n) is 4.84. The van der Waals surface area contributed by atoms with Gasteiger partial charge in [0.15, 0.2) is 0 Å². The zero-order valence-electron chi connectivity index (χ0n) is 13.3. The molecule has 0 N–H and O–H groups in total. The van der Waals surface area contributed by atoms with Gasteiger partial charge in [0.25, 0.3) is 0 Å². The summed E-state index contributed by atoms with van der Waals surface area (Å²) in [5.41, 5.74) is 1.96. The molecular weight excluding hydrogens is 271 g/mol. The topological polar surface area (TPSA) is 24.9 Å². The van der Waals surface area contributed by atoms with Crippen molar-refractivity contribution in [3.05, 3.63) is 29.8 Å². The lowest BCUT2D eigenvalue weighted by Gasteiger charge is -2.28. The summed E-state index contributed by atoms with van der Waals surface area (Å²) in [6, 6.07) is 7.98. The first kappa shape index (κ1) is 17.1. The molecule has 0 heterocycles. The third-order valence-electron chi connectivity index (χ3n) is 2.77. The number of methoxy groups -OCH3 is 1. The monoisotopic (exact) mass is 296 g/mol. The highest BCUT2D eigenvalue weighted by Crippen LogP contribution is 2.25. The molecule has 4 nitrogen and oxygen atoms in total. The maximum absolute atomic E-state index is 5.87. The molecule has 1 aromatic rings. The summed E-state index contributed by atoms with van der Waals surface area (Å²) in [6.07, 6.45) is 0. The zero-order chi connectivity index (χ0) is 15.1. The van der Waals surface area contributed by atoms with Crippen molar-refractivity contribution in [2.75, 3.05) is 41.9 Å². The van der Waals surface area contributed by atoms with E-state index in [-0.39, 0.29) is 5.91 Å².